The topological polar surface area (TPSA) is 31.2 Å². The number of para-hydroxylation sites is 1. The summed E-state index contributed by atoms with van der Waals surface area (Å²) in [6, 6.07) is 17.6. The van der Waals surface area contributed by atoms with Crippen LogP contribution in [0.5, 0.6) is 0 Å². The third-order valence-electron chi connectivity index (χ3n) is 3.39. The van der Waals surface area contributed by atoms with Crippen molar-refractivity contribution >= 4 is 28.8 Å². The Labute approximate surface area is 127 Å². The van der Waals surface area contributed by atoms with E-state index in [1.807, 2.05) is 59.2 Å². The highest BCUT2D eigenvalue weighted by Gasteiger charge is 2.14. The van der Waals surface area contributed by atoms with Crippen molar-refractivity contribution in [3.8, 4) is 0 Å². The maximum Gasteiger partial charge on any atom is 0.153 e. The molecule has 0 saturated carbocycles. The van der Waals surface area contributed by atoms with Crippen molar-refractivity contribution in [3.05, 3.63) is 70.9 Å². The number of benzene rings is 2. The van der Waals surface area contributed by atoms with Crippen LogP contribution in [0, 0.1) is 0 Å². The molecule has 0 aliphatic rings. The molecule has 0 N–H and O–H groups in total. The van der Waals surface area contributed by atoms with E-state index in [9.17, 15) is 4.79 Å². The Morgan fingerprint density at radius 1 is 1.05 bits per heavy atom. The summed E-state index contributed by atoms with van der Waals surface area (Å²) < 4.78 is 7.52. The highest BCUT2D eigenvalue weighted by molar-refractivity contribution is 6.34. The Morgan fingerprint density at radius 3 is 2.52 bits per heavy atom. The van der Waals surface area contributed by atoms with Crippen LogP contribution in [0.25, 0.3) is 10.9 Å². The largest absolute Gasteiger partial charge is 0.356 e. The zero-order valence-electron chi connectivity index (χ0n) is 11.3. The van der Waals surface area contributed by atoms with Gasteiger partial charge in [-0.05, 0) is 11.6 Å². The molecule has 0 bridgehead atoms. The molecule has 3 nitrogen and oxygen atoms in total. The number of carbonyl (C=O) groups is 1. The van der Waals surface area contributed by atoms with Gasteiger partial charge < -0.3 is 9.30 Å². The standard InChI is InChI=1S/C17H14ClNO2/c18-17-15(10-20)14-8-4-5-9-16(14)19(17)12-21-11-13-6-2-1-3-7-13/h1-10H,11-12H2. The summed E-state index contributed by atoms with van der Waals surface area (Å²) in [6.45, 7) is 0.808. The van der Waals surface area contributed by atoms with E-state index >= 15 is 0 Å². The zero-order chi connectivity index (χ0) is 14.7. The summed E-state index contributed by atoms with van der Waals surface area (Å²) >= 11 is 6.29. The van der Waals surface area contributed by atoms with Crippen LogP contribution in [0.1, 0.15) is 15.9 Å². The number of rotatable bonds is 5. The van der Waals surface area contributed by atoms with Gasteiger partial charge in [0.1, 0.15) is 11.9 Å². The fourth-order valence-corrected chi connectivity index (χ4v) is 2.65. The Morgan fingerprint density at radius 2 is 1.76 bits per heavy atom. The van der Waals surface area contributed by atoms with Gasteiger partial charge in [0.2, 0.25) is 0 Å². The number of nitrogens with zero attached hydrogens (tertiary/aromatic N) is 1. The molecule has 0 radical (unpaired) electrons. The van der Waals surface area contributed by atoms with Gasteiger partial charge in [-0.1, -0.05) is 60.1 Å². The Hall–Kier alpha value is -2.10. The molecule has 3 rings (SSSR count). The van der Waals surface area contributed by atoms with E-state index in [2.05, 4.69) is 0 Å². The number of halogens is 1. The molecule has 0 spiro atoms. The van der Waals surface area contributed by atoms with Crippen molar-refractivity contribution in [2.45, 2.75) is 13.3 Å². The Balaban J connectivity index is 1.84. The molecular formula is C17H14ClNO2. The monoisotopic (exact) mass is 299 g/mol. The summed E-state index contributed by atoms with van der Waals surface area (Å²) in [4.78, 5) is 11.2. The molecule has 0 fully saturated rings. The first kappa shape index (κ1) is 13.9. The van der Waals surface area contributed by atoms with Gasteiger partial charge in [-0.25, -0.2) is 0 Å². The fourth-order valence-electron chi connectivity index (χ4n) is 2.37. The second-order valence-corrected chi connectivity index (χ2v) is 5.09. The van der Waals surface area contributed by atoms with E-state index in [1.54, 1.807) is 0 Å². The van der Waals surface area contributed by atoms with Crippen molar-refractivity contribution in [1.29, 1.82) is 0 Å². The molecule has 2 aromatic carbocycles. The lowest BCUT2D eigenvalue weighted by molar-refractivity contribution is 0.0669. The summed E-state index contributed by atoms with van der Waals surface area (Å²) in [5.74, 6) is 0. The van der Waals surface area contributed by atoms with E-state index in [4.69, 9.17) is 16.3 Å². The molecule has 4 heteroatoms. The normalized spacial score (nSPS) is 10.9. The Bertz CT molecular complexity index is 765. The van der Waals surface area contributed by atoms with Crippen molar-refractivity contribution in [2.24, 2.45) is 0 Å². The number of ether oxygens (including phenoxy) is 1. The highest BCUT2D eigenvalue weighted by atomic mass is 35.5. The smallest absolute Gasteiger partial charge is 0.153 e. The second-order valence-electron chi connectivity index (χ2n) is 4.73. The molecule has 3 aromatic rings. The molecule has 21 heavy (non-hydrogen) atoms. The van der Waals surface area contributed by atoms with Gasteiger partial charge in [-0.2, -0.15) is 0 Å². The molecule has 0 unspecified atom stereocenters. The minimum atomic E-state index is 0.308. The summed E-state index contributed by atoms with van der Waals surface area (Å²) in [5.41, 5.74) is 2.51. The van der Waals surface area contributed by atoms with Gasteiger partial charge in [0, 0.05) is 5.39 Å². The van der Waals surface area contributed by atoms with Crippen LogP contribution in [0.3, 0.4) is 0 Å². The third kappa shape index (κ3) is 2.71. The number of hydrogen-bond acceptors (Lipinski definition) is 2. The molecule has 1 aromatic heterocycles. The molecule has 0 aliphatic carbocycles. The molecule has 0 amide bonds. The van der Waals surface area contributed by atoms with Crippen LogP contribution >= 0.6 is 11.6 Å². The first-order valence-corrected chi connectivity index (χ1v) is 7.02. The lowest BCUT2D eigenvalue weighted by Crippen LogP contribution is -2.03. The van der Waals surface area contributed by atoms with Crippen LogP contribution in [-0.4, -0.2) is 10.9 Å². The van der Waals surface area contributed by atoms with Gasteiger partial charge in [-0.15, -0.1) is 0 Å². The fraction of sp³-hybridized carbons (Fsp3) is 0.118. The van der Waals surface area contributed by atoms with Gasteiger partial charge >= 0.3 is 0 Å². The highest BCUT2D eigenvalue weighted by Crippen LogP contribution is 2.28. The quantitative estimate of drug-likeness (QED) is 0.658. The molecule has 0 atom stereocenters. The van der Waals surface area contributed by atoms with Crippen LogP contribution in [0.4, 0.5) is 0 Å². The molecule has 1 heterocycles. The second kappa shape index (κ2) is 6.12. The lowest BCUT2D eigenvalue weighted by atomic mass is 10.2. The van der Waals surface area contributed by atoms with Crippen molar-refractivity contribution in [2.75, 3.05) is 0 Å². The predicted molar refractivity (Wildman–Crippen MR) is 83.6 cm³/mol. The Kier molecular flexibility index (Phi) is 4.04. The predicted octanol–water partition coefficient (Wildman–Crippen LogP) is 4.28. The summed E-state index contributed by atoms with van der Waals surface area (Å²) in [5, 5.41) is 1.26. The first-order chi connectivity index (χ1) is 10.3. The third-order valence-corrected chi connectivity index (χ3v) is 3.80. The summed E-state index contributed by atoms with van der Waals surface area (Å²) in [6.07, 6.45) is 0.790. The zero-order valence-corrected chi connectivity index (χ0v) is 12.1. The van der Waals surface area contributed by atoms with Crippen LogP contribution < -0.4 is 0 Å². The average Bonchev–Trinajstić information content (AvgIpc) is 2.80. The number of hydrogen-bond donors (Lipinski definition) is 0. The number of aldehydes is 1. The first-order valence-electron chi connectivity index (χ1n) is 6.65. The van der Waals surface area contributed by atoms with Crippen molar-refractivity contribution < 1.29 is 9.53 Å². The van der Waals surface area contributed by atoms with Gasteiger partial charge in [0.15, 0.2) is 6.29 Å². The maximum absolute atomic E-state index is 11.2. The summed E-state index contributed by atoms with van der Waals surface area (Å²) in [7, 11) is 0. The van der Waals surface area contributed by atoms with Gasteiger partial charge in [0.25, 0.3) is 0 Å². The number of aromatic nitrogens is 1. The van der Waals surface area contributed by atoms with Crippen molar-refractivity contribution in [1.82, 2.24) is 4.57 Å². The van der Waals surface area contributed by atoms with Crippen LogP contribution in [0.15, 0.2) is 54.6 Å². The van der Waals surface area contributed by atoms with Crippen LogP contribution in [0.2, 0.25) is 5.15 Å². The van der Waals surface area contributed by atoms with Gasteiger partial charge in [0.05, 0.1) is 17.7 Å². The van der Waals surface area contributed by atoms with E-state index in [0.717, 1.165) is 22.8 Å². The van der Waals surface area contributed by atoms with E-state index in [-0.39, 0.29) is 0 Å². The average molecular weight is 300 g/mol. The lowest BCUT2D eigenvalue weighted by Gasteiger charge is -2.08. The number of carbonyl (C=O) groups excluding carboxylic acids is 1. The minimum Gasteiger partial charge on any atom is -0.356 e. The van der Waals surface area contributed by atoms with Crippen molar-refractivity contribution in [3.63, 3.8) is 0 Å². The SMILES string of the molecule is O=Cc1c(Cl)n(COCc2ccccc2)c2ccccc12. The molecule has 0 aliphatic heterocycles. The van der Waals surface area contributed by atoms with E-state index in [0.29, 0.717) is 24.1 Å². The van der Waals surface area contributed by atoms with Gasteiger partial charge in [-0.3, -0.25) is 4.79 Å². The molecule has 106 valence electrons. The molecular weight excluding hydrogens is 286 g/mol. The van der Waals surface area contributed by atoms with E-state index < -0.39 is 0 Å². The maximum atomic E-state index is 11.2. The minimum absolute atomic E-state index is 0.308. The molecule has 0 saturated heterocycles. The number of fused-ring (bicyclic) bond motifs is 1. The van der Waals surface area contributed by atoms with Crippen LogP contribution in [-0.2, 0) is 18.1 Å². The van der Waals surface area contributed by atoms with E-state index in [1.165, 1.54) is 0 Å².